The molecular weight excluding hydrogens is 464 g/mol. The number of fused-ring (bicyclic) bond motifs is 1. The molecule has 2 heterocycles. The second kappa shape index (κ2) is 9.79. The molecule has 0 aliphatic carbocycles. The third-order valence-electron chi connectivity index (χ3n) is 5.25. The summed E-state index contributed by atoms with van der Waals surface area (Å²) < 4.78 is 0.968. The Labute approximate surface area is 189 Å². The van der Waals surface area contributed by atoms with E-state index in [0.717, 1.165) is 59.4 Å². The number of carbonyl (C=O) groups is 1. The summed E-state index contributed by atoms with van der Waals surface area (Å²) in [6.07, 6.45) is 3.93. The van der Waals surface area contributed by atoms with Crippen LogP contribution < -0.4 is 10.6 Å². The van der Waals surface area contributed by atoms with E-state index in [-0.39, 0.29) is 5.91 Å². The van der Waals surface area contributed by atoms with Crippen molar-refractivity contribution in [1.29, 1.82) is 0 Å². The maximum Gasteiger partial charge on any atom is 0.254 e. The monoisotopic (exact) mass is 486 g/mol. The Morgan fingerprint density at radius 1 is 1.13 bits per heavy atom. The molecule has 0 unspecified atom stereocenters. The van der Waals surface area contributed by atoms with E-state index in [1.54, 1.807) is 0 Å². The Morgan fingerprint density at radius 3 is 2.67 bits per heavy atom. The minimum absolute atomic E-state index is 0.0607. The van der Waals surface area contributed by atoms with Crippen LogP contribution in [0, 0.1) is 0 Å². The van der Waals surface area contributed by atoms with E-state index in [2.05, 4.69) is 36.4 Å². The number of H-pyrrole nitrogens is 1. The van der Waals surface area contributed by atoms with Crippen LogP contribution in [0.4, 0.5) is 0 Å². The molecular formula is C23H24BrClN4O. The van der Waals surface area contributed by atoms with Gasteiger partial charge in [-0.15, -0.1) is 0 Å². The third kappa shape index (κ3) is 5.13. The zero-order valence-electron chi connectivity index (χ0n) is 16.6. The Morgan fingerprint density at radius 2 is 1.90 bits per heavy atom. The zero-order chi connectivity index (χ0) is 20.9. The predicted molar refractivity (Wildman–Crippen MR) is 128 cm³/mol. The lowest BCUT2D eigenvalue weighted by atomic mass is 10.1. The highest BCUT2D eigenvalue weighted by Crippen LogP contribution is 2.27. The van der Waals surface area contributed by atoms with Crippen LogP contribution in [0.1, 0.15) is 21.6 Å². The summed E-state index contributed by atoms with van der Waals surface area (Å²) in [5, 5.41) is 8.06. The number of rotatable bonds is 6. The van der Waals surface area contributed by atoms with Gasteiger partial charge in [0.2, 0.25) is 0 Å². The zero-order valence-corrected chi connectivity index (χ0v) is 18.9. The average molecular weight is 488 g/mol. The number of piperazine rings is 1. The first-order valence-electron chi connectivity index (χ1n) is 10.1. The van der Waals surface area contributed by atoms with Crippen LogP contribution in [-0.2, 0) is 0 Å². The number of aromatic amines is 1. The summed E-state index contributed by atoms with van der Waals surface area (Å²) in [5.41, 5.74) is 3.40. The van der Waals surface area contributed by atoms with E-state index in [1.807, 2.05) is 54.6 Å². The van der Waals surface area contributed by atoms with Crippen molar-refractivity contribution < 1.29 is 4.79 Å². The van der Waals surface area contributed by atoms with Crippen LogP contribution in [0.3, 0.4) is 0 Å². The molecule has 1 saturated heterocycles. The van der Waals surface area contributed by atoms with Gasteiger partial charge in [-0.25, -0.2) is 0 Å². The van der Waals surface area contributed by atoms with Gasteiger partial charge in [0.05, 0.1) is 11.3 Å². The van der Waals surface area contributed by atoms with Crippen LogP contribution in [-0.4, -0.2) is 55.1 Å². The van der Waals surface area contributed by atoms with Gasteiger partial charge in [-0.1, -0.05) is 51.8 Å². The van der Waals surface area contributed by atoms with Crippen molar-refractivity contribution in [2.75, 3.05) is 39.3 Å². The van der Waals surface area contributed by atoms with Crippen molar-refractivity contribution in [1.82, 2.24) is 20.5 Å². The van der Waals surface area contributed by atoms with E-state index < -0.39 is 0 Å². The molecule has 0 spiro atoms. The minimum atomic E-state index is -0.0607. The normalized spacial score (nSPS) is 15.1. The molecule has 1 aromatic heterocycles. The van der Waals surface area contributed by atoms with Gasteiger partial charge < -0.3 is 15.6 Å². The molecule has 0 bridgehead atoms. The average Bonchev–Trinajstić information content (AvgIpc) is 3.11. The Balaban J connectivity index is 1.55. The molecule has 0 radical (unpaired) electrons. The molecule has 156 valence electrons. The van der Waals surface area contributed by atoms with Gasteiger partial charge in [0.15, 0.2) is 0 Å². The fourth-order valence-corrected chi connectivity index (χ4v) is 4.15. The van der Waals surface area contributed by atoms with Crippen LogP contribution in [0.15, 0.2) is 46.9 Å². The summed E-state index contributed by atoms with van der Waals surface area (Å²) in [5.74, 6) is -0.0607. The van der Waals surface area contributed by atoms with Crippen LogP contribution in [0.25, 0.3) is 23.1 Å². The number of carbonyl (C=O) groups excluding carboxylic acids is 1. The molecule has 2 aromatic carbocycles. The Bertz CT molecular complexity index is 1060. The van der Waals surface area contributed by atoms with Gasteiger partial charge in [-0.3, -0.25) is 9.69 Å². The molecule has 0 atom stereocenters. The summed E-state index contributed by atoms with van der Waals surface area (Å²) >= 11 is 9.48. The maximum atomic E-state index is 13.1. The highest BCUT2D eigenvalue weighted by molar-refractivity contribution is 9.10. The molecule has 1 aliphatic rings. The number of aromatic nitrogens is 1. The Hall–Kier alpha value is -2.12. The maximum absolute atomic E-state index is 13.1. The van der Waals surface area contributed by atoms with Gasteiger partial charge >= 0.3 is 0 Å². The lowest BCUT2D eigenvalue weighted by molar-refractivity contribution is 0.0949. The van der Waals surface area contributed by atoms with Crippen molar-refractivity contribution in [3.8, 4) is 0 Å². The first-order chi connectivity index (χ1) is 14.6. The molecule has 1 amide bonds. The predicted octanol–water partition coefficient (Wildman–Crippen LogP) is 4.39. The first kappa shape index (κ1) is 21.1. The van der Waals surface area contributed by atoms with Gasteiger partial charge in [-0.05, 0) is 35.9 Å². The summed E-state index contributed by atoms with van der Waals surface area (Å²) in [7, 11) is 0. The smallest absolute Gasteiger partial charge is 0.254 e. The SMILES string of the molecule is O=C(NCCN1CCNCC1)c1c(C=Cc2ccc(Cl)cc2)[nH]c2cc(Br)ccc12. The van der Waals surface area contributed by atoms with Crippen molar-refractivity contribution in [2.24, 2.45) is 0 Å². The molecule has 3 aromatic rings. The van der Waals surface area contributed by atoms with Crippen molar-refractivity contribution >= 4 is 56.5 Å². The van der Waals surface area contributed by atoms with Gasteiger partial charge in [0.25, 0.3) is 5.91 Å². The molecule has 4 rings (SSSR count). The molecule has 3 N–H and O–H groups in total. The fraction of sp³-hybridized carbons (Fsp3) is 0.261. The molecule has 7 heteroatoms. The van der Waals surface area contributed by atoms with E-state index in [4.69, 9.17) is 11.6 Å². The first-order valence-corrected chi connectivity index (χ1v) is 11.2. The lowest BCUT2D eigenvalue weighted by Gasteiger charge is -2.27. The number of amides is 1. The summed E-state index contributed by atoms with van der Waals surface area (Å²) in [6.45, 7) is 5.54. The molecule has 1 aliphatic heterocycles. The van der Waals surface area contributed by atoms with Gasteiger partial charge in [0.1, 0.15) is 0 Å². The minimum Gasteiger partial charge on any atom is -0.354 e. The largest absolute Gasteiger partial charge is 0.354 e. The highest BCUT2D eigenvalue weighted by Gasteiger charge is 2.18. The van der Waals surface area contributed by atoms with Crippen molar-refractivity contribution in [3.63, 3.8) is 0 Å². The number of benzene rings is 2. The van der Waals surface area contributed by atoms with Gasteiger partial charge in [0, 0.05) is 59.7 Å². The van der Waals surface area contributed by atoms with E-state index in [0.29, 0.717) is 17.1 Å². The standard InChI is InChI=1S/C23H24BrClN4O/c24-17-4-7-19-21(15-17)28-20(8-3-16-1-5-18(25)6-2-16)22(19)23(30)27-11-14-29-12-9-26-10-13-29/h1-8,15,26,28H,9-14H2,(H,27,30). The van der Waals surface area contributed by atoms with Crippen molar-refractivity contribution in [3.05, 3.63) is 68.8 Å². The lowest BCUT2D eigenvalue weighted by Crippen LogP contribution is -2.46. The fourth-order valence-electron chi connectivity index (χ4n) is 3.66. The molecule has 0 saturated carbocycles. The number of nitrogens with zero attached hydrogens (tertiary/aromatic N) is 1. The van der Waals surface area contributed by atoms with Gasteiger partial charge in [-0.2, -0.15) is 0 Å². The second-order valence-electron chi connectivity index (χ2n) is 7.34. The number of hydrogen-bond acceptors (Lipinski definition) is 3. The number of hydrogen-bond donors (Lipinski definition) is 3. The van der Waals surface area contributed by atoms with E-state index >= 15 is 0 Å². The Kier molecular flexibility index (Phi) is 6.89. The topological polar surface area (TPSA) is 60.2 Å². The summed E-state index contributed by atoms with van der Waals surface area (Å²) in [4.78, 5) is 18.8. The molecule has 1 fully saturated rings. The second-order valence-corrected chi connectivity index (χ2v) is 8.69. The van der Waals surface area contributed by atoms with Crippen LogP contribution in [0.2, 0.25) is 5.02 Å². The van der Waals surface area contributed by atoms with Crippen LogP contribution >= 0.6 is 27.5 Å². The quantitative estimate of drug-likeness (QED) is 0.483. The molecule has 5 nitrogen and oxygen atoms in total. The van der Waals surface area contributed by atoms with E-state index in [1.165, 1.54) is 0 Å². The molecule has 30 heavy (non-hydrogen) atoms. The third-order valence-corrected chi connectivity index (χ3v) is 6.00. The number of halogens is 2. The highest BCUT2D eigenvalue weighted by atomic mass is 79.9. The van der Waals surface area contributed by atoms with E-state index in [9.17, 15) is 4.79 Å². The summed E-state index contributed by atoms with van der Waals surface area (Å²) in [6, 6.07) is 13.5. The van der Waals surface area contributed by atoms with Crippen LogP contribution in [0.5, 0.6) is 0 Å². The van der Waals surface area contributed by atoms with Crippen molar-refractivity contribution in [2.45, 2.75) is 0 Å². The number of nitrogens with one attached hydrogen (secondary N) is 3.